The number of Topliss-reactive ketones (excluding diaryl/α,β-unsaturated/α-hetero) is 1. The number of thioether (sulfide) groups is 1. The van der Waals surface area contributed by atoms with Crippen LogP contribution >= 0.6 is 23.1 Å². The molecule has 0 aliphatic heterocycles. The van der Waals surface area contributed by atoms with Gasteiger partial charge in [0.15, 0.2) is 10.1 Å². The van der Waals surface area contributed by atoms with E-state index in [2.05, 4.69) is 10.3 Å². The molecule has 6 nitrogen and oxygen atoms in total. The summed E-state index contributed by atoms with van der Waals surface area (Å²) in [5, 5.41) is 4.63. The fraction of sp³-hybridized carbons (Fsp3) is 0.400. The van der Waals surface area contributed by atoms with E-state index in [-0.39, 0.29) is 29.8 Å². The maximum absolute atomic E-state index is 12.4. The van der Waals surface area contributed by atoms with Gasteiger partial charge in [-0.05, 0) is 31.2 Å². The minimum absolute atomic E-state index is 0.0270. The largest absolute Gasteiger partial charge is 0.466 e. The number of thiazole rings is 1. The third-order valence-corrected chi connectivity index (χ3v) is 5.70. The molecule has 0 fully saturated rings. The lowest BCUT2D eigenvalue weighted by molar-refractivity contribution is -0.142. The number of hydrogen-bond acceptors (Lipinski definition) is 7. The Bertz CT molecular complexity index is 839. The summed E-state index contributed by atoms with van der Waals surface area (Å²) in [6.07, 6.45) is 0.139. The summed E-state index contributed by atoms with van der Waals surface area (Å²) in [5.74, 6) is -0.163. The van der Waals surface area contributed by atoms with Gasteiger partial charge in [0.1, 0.15) is 0 Å². The van der Waals surface area contributed by atoms with Crippen LogP contribution in [0.3, 0.4) is 0 Å². The monoisotopic (exact) mass is 420 g/mol. The van der Waals surface area contributed by atoms with E-state index in [9.17, 15) is 14.4 Å². The lowest BCUT2D eigenvalue weighted by Gasteiger charge is -2.17. The third-order valence-electron chi connectivity index (χ3n) is 3.63. The minimum atomic E-state index is -0.481. The van der Waals surface area contributed by atoms with Gasteiger partial charge >= 0.3 is 5.97 Å². The summed E-state index contributed by atoms with van der Waals surface area (Å²) < 4.78 is 5.64. The van der Waals surface area contributed by atoms with Crippen LogP contribution in [-0.4, -0.2) is 35.0 Å². The first-order valence-corrected chi connectivity index (χ1v) is 10.7. The first-order valence-electron chi connectivity index (χ1n) is 8.86. The molecule has 0 aliphatic carbocycles. The molecule has 1 amide bonds. The van der Waals surface area contributed by atoms with Crippen LogP contribution in [0.5, 0.6) is 0 Å². The van der Waals surface area contributed by atoms with E-state index in [1.165, 1.54) is 23.1 Å². The molecule has 28 heavy (non-hydrogen) atoms. The number of nitrogens with one attached hydrogen (secondary N) is 1. The minimum Gasteiger partial charge on any atom is -0.466 e. The Kier molecular flexibility index (Phi) is 7.77. The van der Waals surface area contributed by atoms with Gasteiger partial charge in [-0.2, -0.15) is 0 Å². The molecule has 0 bridgehead atoms. The van der Waals surface area contributed by atoms with Gasteiger partial charge in [0, 0.05) is 22.0 Å². The number of anilines is 1. The summed E-state index contributed by atoms with van der Waals surface area (Å²) >= 11 is 2.74. The summed E-state index contributed by atoms with van der Waals surface area (Å²) in [5.41, 5.74) is 1.40. The molecule has 1 heterocycles. The highest BCUT2D eigenvalue weighted by atomic mass is 32.2. The Morgan fingerprint density at radius 2 is 1.86 bits per heavy atom. The SMILES string of the molecule is CCOC(=O)Cc1csc(SCC(=O)c2ccc(NC(=O)C(C)(C)C)cc2)n1. The predicted octanol–water partition coefficient (Wildman–Crippen LogP) is 4.21. The first kappa shape index (κ1) is 22.1. The molecule has 0 unspecified atom stereocenters. The maximum atomic E-state index is 12.4. The number of carbonyl (C=O) groups excluding carboxylic acids is 3. The van der Waals surface area contributed by atoms with Gasteiger partial charge < -0.3 is 10.1 Å². The lowest BCUT2D eigenvalue weighted by atomic mass is 9.95. The molecule has 0 aliphatic rings. The molecular formula is C20H24N2O4S2. The highest BCUT2D eigenvalue weighted by Crippen LogP contribution is 2.24. The van der Waals surface area contributed by atoms with Crippen molar-refractivity contribution in [2.24, 2.45) is 5.41 Å². The molecule has 1 aromatic carbocycles. The van der Waals surface area contributed by atoms with Crippen molar-refractivity contribution in [1.29, 1.82) is 0 Å². The van der Waals surface area contributed by atoms with Crippen LogP contribution in [0.1, 0.15) is 43.7 Å². The van der Waals surface area contributed by atoms with Crippen molar-refractivity contribution >= 4 is 46.4 Å². The number of hydrogen-bond donors (Lipinski definition) is 1. The van der Waals surface area contributed by atoms with Crippen molar-refractivity contribution in [3.05, 3.63) is 40.9 Å². The van der Waals surface area contributed by atoms with E-state index in [0.717, 1.165) is 4.34 Å². The molecule has 2 aromatic rings. The molecule has 0 spiro atoms. The lowest BCUT2D eigenvalue weighted by Crippen LogP contribution is -2.27. The number of ether oxygens (including phenoxy) is 1. The van der Waals surface area contributed by atoms with Gasteiger partial charge in [-0.25, -0.2) is 4.98 Å². The summed E-state index contributed by atoms with van der Waals surface area (Å²) in [7, 11) is 0. The Labute approximate surface area is 173 Å². The highest BCUT2D eigenvalue weighted by molar-refractivity contribution is 8.01. The van der Waals surface area contributed by atoms with Gasteiger partial charge in [0.05, 0.1) is 24.5 Å². The average molecular weight is 421 g/mol. The molecular weight excluding hydrogens is 396 g/mol. The molecule has 2 rings (SSSR count). The van der Waals surface area contributed by atoms with Crippen molar-refractivity contribution in [2.75, 3.05) is 17.7 Å². The van der Waals surface area contributed by atoms with Crippen LogP contribution in [0.25, 0.3) is 0 Å². The molecule has 0 saturated heterocycles. The Morgan fingerprint density at radius 3 is 2.46 bits per heavy atom. The van der Waals surface area contributed by atoms with Crippen LogP contribution < -0.4 is 5.32 Å². The van der Waals surface area contributed by atoms with E-state index in [4.69, 9.17) is 4.74 Å². The number of nitrogens with zero attached hydrogens (tertiary/aromatic N) is 1. The molecule has 1 aromatic heterocycles. The maximum Gasteiger partial charge on any atom is 0.311 e. The summed E-state index contributed by atoms with van der Waals surface area (Å²) in [6, 6.07) is 6.86. The van der Waals surface area contributed by atoms with Gasteiger partial charge in [0.25, 0.3) is 0 Å². The first-order chi connectivity index (χ1) is 13.2. The second kappa shape index (κ2) is 9.84. The van der Waals surface area contributed by atoms with Crippen LogP contribution in [0.4, 0.5) is 5.69 Å². The normalized spacial score (nSPS) is 11.1. The number of aromatic nitrogens is 1. The van der Waals surface area contributed by atoms with E-state index in [1.807, 2.05) is 20.8 Å². The van der Waals surface area contributed by atoms with E-state index < -0.39 is 5.41 Å². The van der Waals surface area contributed by atoms with Crippen molar-refractivity contribution in [3.63, 3.8) is 0 Å². The molecule has 0 saturated carbocycles. The van der Waals surface area contributed by atoms with Gasteiger partial charge in [-0.1, -0.05) is 32.5 Å². The smallest absolute Gasteiger partial charge is 0.311 e. The third kappa shape index (κ3) is 6.76. The molecule has 150 valence electrons. The van der Waals surface area contributed by atoms with Crippen LogP contribution in [0.15, 0.2) is 34.0 Å². The molecule has 0 radical (unpaired) electrons. The number of carbonyl (C=O) groups is 3. The van der Waals surface area contributed by atoms with Crippen molar-refractivity contribution in [3.8, 4) is 0 Å². The number of ketones is 1. The Morgan fingerprint density at radius 1 is 1.18 bits per heavy atom. The zero-order valence-electron chi connectivity index (χ0n) is 16.4. The van der Waals surface area contributed by atoms with Crippen molar-refractivity contribution < 1.29 is 19.1 Å². The van der Waals surface area contributed by atoms with Crippen LogP contribution in [0, 0.1) is 5.41 Å². The topological polar surface area (TPSA) is 85.4 Å². The van der Waals surface area contributed by atoms with Crippen LogP contribution in [0.2, 0.25) is 0 Å². The van der Waals surface area contributed by atoms with Gasteiger partial charge in [0.2, 0.25) is 5.91 Å². The highest BCUT2D eigenvalue weighted by Gasteiger charge is 2.21. The Hall–Kier alpha value is -2.19. The van der Waals surface area contributed by atoms with Gasteiger partial charge in [-0.15, -0.1) is 11.3 Å². The second-order valence-electron chi connectivity index (χ2n) is 7.08. The van der Waals surface area contributed by atoms with Crippen molar-refractivity contribution in [1.82, 2.24) is 4.98 Å². The van der Waals surface area contributed by atoms with E-state index in [0.29, 0.717) is 23.6 Å². The van der Waals surface area contributed by atoms with E-state index in [1.54, 1.807) is 36.6 Å². The number of esters is 1. The Balaban J connectivity index is 1.87. The van der Waals surface area contributed by atoms with E-state index >= 15 is 0 Å². The zero-order valence-corrected chi connectivity index (χ0v) is 18.0. The summed E-state index contributed by atoms with van der Waals surface area (Å²) in [4.78, 5) is 40.2. The zero-order chi connectivity index (χ0) is 20.7. The quantitative estimate of drug-likeness (QED) is 0.391. The summed E-state index contributed by atoms with van der Waals surface area (Å²) in [6.45, 7) is 7.63. The van der Waals surface area contributed by atoms with Crippen LogP contribution in [-0.2, 0) is 20.7 Å². The standard InChI is InChI=1S/C20H24N2O4S2/c1-5-26-17(24)10-15-11-27-19(22-15)28-12-16(23)13-6-8-14(9-7-13)21-18(25)20(2,3)4/h6-9,11H,5,10,12H2,1-4H3,(H,21,25). The molecule has 8 heteroatoms. The number of rotatable bonds is 8. The van der Waals surface area contributed by atoms with Gasteiger partial charge in [-0.3, -0.25) is 14.4 Å². The fourth-order valence-corrected chi connectivity index (χ4v) is 3.80. The number of benzene rings is 1. The number of amides is 1. The predicted molar refractivity (Wildman–Crippen MR) is 112 cm³/mol. The van der Waals surface area contributed by atoms with Crippen molar-refractivity contribution in [2.45, 2.75) is 38.5 Å². The second-order valence-corrected chi connectivity index (χ2v) is 9.16. The molecule has 0 atom stereocenters. The average Bonchev–Trinajstić information content (AvgIpc) is 3.07. The molecule has 1 N–H and O–H groups in total. The fourth-order valence-electron chi connectivity index (χ4n) is 2.06.